The minimum atomic E-state index is 0.421. The first-order valence-corrected chi connectivity index (χ1v) is 6.56. The van der Waals surface area contributed by atoms with Gasteiger partial charge in [0, 0.05) is 16.9 Å². The second-order valence-electron chi connectivity index (χ2n) is 3.48. The topological polar surface area (TPSA) is 27.1 Å². The highest BCUT2D eigenvalue weighted by atomic mass is 79.9. The number of rotatable bonds is 5. The van der Waals surface area contributed by atoms with Crippen molar-refractivity contribution in [3.8, 4) is 5.75 Å². The van der Waals surface area contributed by atoms with E-state index < -0.39 is 0 Å². The van der Waals surface area contributed by atoms with E-state index >= 15 is 0 Å². The molecule has 0 bridgehead atoms. The Hall–Kier alpha value is -1.000. The molecular weight excluding hydrogens is 304 g/mol. The first-order chi connectivity index (χ1) is 8.29. The summed E-state index contributed by atoms with van der Waals surface area (Å²) in [7, 11) is 0. The molecule has 0 aliphatic rings. The third-order valence-electron chi connectivity index (χ3n) is 2.32. The van der Waals surface area contributed by atoms with Crippen LogP contribution in [0.15, 0.2) is 41.1 Å². The van der Waals surface area contributed by atoms with E-state index in [1.54, 1.807) is 6.20 Å². The maximum atomic E-state index is 5.76. The number of ether oxygens (including phenoxy) is 1. The maximum absolute atomic E-state index is 5.76. The minimum absolute atomic E-state index is 0.421. The van der Waals surface area contributed by atoms with Crippen LogP contribution in [-0.2, 0) is 12.4 Å². The number of alkyl halides is 1. The molecule has 3 nitrogen and oxygen atoms in total. The number of aromatic nitrogens is 2. The van der Waals surface area contributed by atoms with Crippen LogP contribution in [-0.4, -0.2) is 16.2 Å². The van der Waals surface area contributed by atoms with E-state index in [0.29, 0.717) is 12.5 Å². The lowest BCUT2D eigenvalue weighted by Crippen LogP contribution is -2.09. The zero-order valence-electron chi connectivity index (χ0n) is 9.14. The van der Waals surface area contributed by atoms with Gasteiger partial charge >= 0.3 is 0 Å². The predicted molar refractivity (Wildman–Crippen MR) is 71.4 cm³/mol. The fourth-order valence-corrected chi connectivity index (χ4v) is 2.09. The van der Waals surface area contributed by atoms with Gasteiger partial charge in [-0.05, 0) is 18.2 Å². The third kappa shape index (κ3) is 3.48. The van der Waals surface area contributed by atoms with Gasteiger partial charge in [-0.1, -0.05) is 22.0 Å². The summed E-state index contributed by atoms with van der Waals surface area (Å²) in [5.74, 6) is 2.14. The number of imidazole rings is 1. The van der Waals surface area contributed by atoms with Crippen LogP contribution >= 0.6 is 27.5 Å². The Morgan fingerprint density at radius 3 is 3.06 bits per heavy atom. The Morgan fingerprint density at radius 2 is 2.29 bits per heavy atom. The largest absolute Gasteiger partial charge is 0.492 e. The average molecular weight is 316 g/mol. The molecule has 0 fully saturated rings. The van der Waals surface area contributed by atoms with Crippen molar-refractivity contribution in [2.75, 3.05) is 6.61 Å². The van der Waals surface area contributed by atoms with Crippen LogP contribution in [0, 0.1) is 0 Å². The Balaban J connectivity index is 1.87. The monoisotopic (exact) mass is 314 g/mol. The molecule has 1 heterocycles. The molecule has 0 aliphatic carbocycles. The Labute approximate surface area is 114 Å². The molecule has 90 valence electrons. The minimum Gasteiger partial charge on any atom is -0.492 e. The van der Waals surface area contributed by atoms with Gasteiger partial charge in [-0.2, -0.15) is 0 Å². The fourth-order valence-electron chi connectivity index (χ4n) is 1.49. The molecule has 0 atom stereocenters. The zero-order chi connectivity index (χ0) is 12.1. The van der Waals surface area contributed by atoms with E-state index in [-0.39, 0.29) is 0 Å². The van der Waals surface area contributed by atoms with E-state index in [9.17, 15) is 0 Å². The second kappa shape index (κ2) is 6.07. The molecule has 0 aliphatic heterocycles. The van der Waals surface area contributed by atoms with Crippen molar-refractivity contribution >= 4 is 27.5 Å². The molecule has 5 heteroatoms. The summed E-state index contributed by atoms with van der Waals surface area (Å²) in [4.78, 5) is 4.14. The molecule has 1 aromatic carbocycles. The van der Waals surface area contributed by atoms with Crippen molar-refractivity contribution < 1.29 is 4.74 Å². The molecule has 0 N–H and O–H groups in total. The molecule has 17 heavy (non-hydrogen) atoms. The van der Waals surface area contributed by atoms with Crippen LogP contribution in [0.1, 0.15) is 5.82 Å². The molecule has 0 radical (unpaired) electrons. The Kier molecular flexibility index (Phi) is 4.45. The SMILES string of the molecule is ClCc1nccn1CCOc1cccc(Br)c1. The van der Waals surface area contributed by atoms with Crippen LogP contribution in [0.3, 0.4) is 0 Å². The van der Waals surface area contributed by atoms with Crippen molar-refractivity contribution in [2.24, 2.45) is 0 Å². The smallest absolute Gasteiger partial charge is 0.123 e. The number of hydrogen-bond donors (Lipinski definition) is 0. The number of nitrogens with zero attached hydrogens (tertiary/aromatic N) is 2. The summed E-state index contributed by atoms with van der Waals surface area (Å²) in [5.41, 5.74) is 0. The van der Waals surface area contributed by atoms with E-state index in [0.717, 1.165) is 22.6 Å². The third-order valence-corrected chi connectivity index (χ3v) is 3.05. The molecule has 0 spiro atoms. The summed E-state index contributed by atoms with van der Waals surface area (Å²) < 4.78 is 8.64. The van der Waals surface area contributed by atoms with Crippen molar-refractivity contribution in [2.45, 2.75) is 12.4 Å². The summed E-state index contributed by atoms with van der Waals surface area (Å²) >= 11 is 9.16. The van der Waals surface area contributed by atoms with Gasteiger partial charge in [0.25, 0.3) is 0 Å². The predicted octanol–water partition coefficient (Wildman–Crippen LogP) is 3.46. The molecular formula is C12H12BrClN2O. The summed E-state index contributed by atoms with van der Waals surface area (Å²) in [6.07, 6.45) is 3.65. The van der Waals surface area contributed by atoms with Gasteiger partial charge in [0.1, 0.15) is 18.2 Å². The van der Waals surface area contributed by atoms with Crippen molar-refractivity contribution in [1.29, 1.82) is 0 Å². The molecule has 2 aromatic rings. The van der Waals surface area contributed by atoms with E-state index in [1.165, 1.54) is 0 Å². The lowest BCUT2D eigenvalue weighted by molar-refractivity contribution is 0.296. The lowest BCUT2D eigenvalue weighted by Gasteiger charge is -2.08. The molecule has 0 saturated carbocycles. The molecule has 0 amide bonds. The van der Waals surface area contributed by atoms with Crippen molar-refractivity contribution in [1.82, 2.24) is 9.55 Å². The fraction of sp³-hybridized carbons (Fsp3) is 0.250. The van der Waals surface area contributed by atoms with Crippen LogP contribution in [0.5, 0.6) is 5.75 Å². The molecule has 1 aromatic heterocycles. The van der Waals surface area contributed by atoms with Gasteiger partial charge in [0.15, 0.2) is 0 Å². The van der Waals surface area contributed by atoms with Crippen LogP contribution < -0.4 is 4.74 Å². The van der Waals surface area contributed by atoms with Gasteiger partial charge in [-0.25, -0.2) is 4.98 Å². The first kappa shape index (κ1) is 12.5. The molecule has 0 unspecified atom stereocenters. The Bertz CT molecular complexity index is 487. The van der Waals surface area contributed by atoms with E-state index in [2.05, 4.69) is 20.9 Å². The average Bonchev–Trinajstić information content (AvgIpc) is 2.77. The highest BCUT2D eigenvalue weighted by Gasteiger charge is 2.01. The van der Waals surface area contributed by atoms with Crippen molar-refractivity contribution in [3.63, 3.8) is 0 Å². The highest BCUT2D eigenvalue weighted by Crippen LogP contribution is 2.17. The van der Waals surface area contributed by atoms with Crippen LogP contribution in [0.25, 0.3) is 0 Å². The zero-order valence-corrected chi connectivity index (χ0v) is 11.5. The van der Waals surface area contributed by atoms with Crippen LogP contribution in [0.4, 0.5) is 0 Å². The summed E-state index contributed by atoms with van der Waals surface area (Å²) in [6, 6.07) is 7.78. The highest BCUT2D eigenvalue weighted by molar-refractivity contribution is 9.10. The first-order valence-electron chi connectivity index (χ1n) is 5.24. The molecule has 2 rings (SSSR count). The van der Waals surface area contributed by atoms with Gasteiger partial charge in [0.2, 0.25) is 0 Å². The van der Waals surface area contributed by atoms with Crippen molar-refractivity contribution in [3.05, 3.63) is 47.0 Å². The van der Waals surface area contributed by atoms with Gasteiger partial charge in [0.05, 0.1) is 12.4 Å². The standard InChI is InChI=1S/C12H12BrClN2O/c13-10-2-1-3-11(8-10)17-7-6-16-5-4-15-12(16)9-14/h1-5,8H,6-7,9H2. The number of halogens is 2. The summed E-state index contributed by atoms with van der Waals surface area (Å²) in [6.45, 7) is 1.34. The molecule has 0 saturated heterocycles. The Morgan fingerprint density at radius 1 is 1.41 bits per heavy atom. The van der Waals surface area contributed by atoms with E-state index in [4.69, 9.17) is 16.3 Å². The lowest BCUT2D eigenvalue weighted by atomic mass is 10.3. The maximum Gasteiger partial charge on any atom is 0.123 e. The van der Waals surface area contributed by atoms with Gasteiger partial charge in [-0.15, -0.1) is 11.6 Å². The summed E-state index contributed by atoms with van der Waals surface area (Å²) in [5, 5.41) is 0. The quantitative estimate of drug-likeness (QED) is 0.790. The van der Waals surface area contributed by atoms with Gasteiger partial charge in [-0.3, -0.25) is 0 Å². The van der Waals surface area contributed by atoms with Gasteiger partial charge < -0.3 is 9.30 Å². The number of hydrogen-bond acceptors (Lipinski definition) is 2. The number of benzene rings is 1. The second-order valence-corrected chi connectivity index (χ2v) is 4.66. The van der Waals surface area contributed by atoms with E-state index in [1.807, 2.05) is 35.0 Å². The van der Waals surface area contributed by atoms with Crippen LogP contribution in [0.2, 0.25) is 0 Å². The normalized spacial score (nSPS) is 10.5.